The normalized spacial score (nSPS) is 11.3. The Hall–Kier alpha value is -3.94. The molecule has 2 heterocycles. The van der Waals surface area contributed by atoms with Crippen LogP contribution in [0, 0.1) is 5.92 Å². The van der Waals surface area contributed by atoms with Gasteiger partial charge in [0.15, 0.2) is 11.2 Å². The fraction of sp³-hybridized carbons (Fsp3) is 0.280. The topological polar surface area (TPSA) is 88.1 Å². The van der Waals surface area contributed by atoms with Crippen molar-refractivity contribution < 1.29 is 9.53 Å². The molecule has 0 radical (unpaired) electrons. The minimum absolute atomic E-state index is 0.307. The van der Waals surface area contributed by atoms with E-state index >= 15 is 0 Å². The van der Waals surface area contributed by atoms with E-state index in [1.165, 1.54) is 16.2 Å². The first-order valence-electron chi connectivity index (χ1n) is 10.8. The van der Waals surface area contributed by atoms with Crippen LogP contribution in [0.1, 0.15) is 36.2 Å². The summed E-state index contributed by atoms with van der Waals surface area (Å²) in [5.41, 5.74) is 1.75. The van der Waals surface area contributed by atoms with Gasteiger partial charge in [-0.15, -0.1) is 0 Å². The Kier molecular flexibility index (Phi) is 6.26. The van der Waals surface area contributed by atoms with Gasteiger partial charge in [0.2, 0.25) is 0 Å². The minimum atomic E-state index is -0.429. The van der Waals surface area contributed by atoms with Crippen LogP contribution in [0.3, 0.4) is 0 Å². The third kappa shape index (κ3) is 4.37. The summed E-state index contributed by atoms with van der Waals surface area (Å²) in [5, 5.41) is 0. The number of aromatic nitrogens is 4. The van der Waals surface area contributed by atoms with Crippen molar-refractivity contribution in [3.05, 3.63) is 92.9 Å². The highest BCUT2D eigenvalue weighted by Crippen LogP contribution is 2.16. The smallest absolute Gasteiger partial charge is 0.337 e. The molecule has 4 aromatic rings. The van der Waals surface area contributed by atoms with Gasteiger partial charge in [-0.25, -0.2) is 19.1 Å². The molecule has 0 fully saturated rings. The molecule has 0 bridgehead atoms. The molecule has 0 aliphatic heterocycles. The van der Waals surface area contributed by atoms with Crippen molar-refractivity contribution in [2.75, 3.05) is 7.11 Å². The fourth-order valence-corrected chi connectivity index (χ4v) is 3.81. The van der Waals surface area contributed by atoms with Gasteiger partial charge in [0.25, 0.3) is 5.56 Å². The van der Waals surface area contributed by atoms with Gasteiger partial charge in [-0.1, -0.05) is 44.2 Å². The lowest BCUT2D eigenvalue weighted by Gasteiger charge is -2.13. The van der Waals surface area contributed by atoms with Crippen molar-refractivity contribution in [2.24, 2.45) is 5.92 Å². The number of esters is 1. The van der Waals surface area contributed by atoms with Crippen LogP contribution in [-0.4, -0.2) is 31.8 Å². The highest BCUT2D eigenvalue weighted by molar-refractivity contribution is 5.89. The van der Waals surface area contributed by atoms with Crippen LogP contribution >= 0.6 is 0 Å². The number of carbonyl (C=O) groups excluding carboxylic acids is 1. The van der Waals surface area contributed by atoms with Gasteiger partial charge in [-0.3, -0.25) is 9.36 Å². The second-order valence-electron chi connectivity index (χ2n) is 8.33. The fourth-order valence-electron chi connectivity index (χ4n) is 3.81. The number of methoxy groups -OCH3 is 1. The van der Waals surface area contributed by atoms with Crippen molar-refractivity contribution in [1.29, 1.82) is 0 Å². The molecule has 0 spiro atoms. The largest absolute Gasteiger partial charge is 0.465 e. The molecule has 2 aromatic carbocycles. The average molecular weight is 447 g/mol. The summed E-state index contributed by atoms with van der Waals surface area (Å²) in [6.07, 6.45) is 2.26. The van der Waals surface area contributed by atoms with Crippen molar-refractivity contribution in [3.63, 3.8) is 0 Å². The summed E-state index contributed by atoms with van der Waals surface area (Å²) in [7, 11) is 1.33. The first kappa shape index (κ1) is 22.3. The van der Waals surface area contributed by atoms with E-state index in [0.29, 0.717) is 47.8 Å². The first-order valence-corrected chi connectivity index (χ1v) is 10.8. The lowest BCUT2D eigenvalue weighted by atomic mass is 10.1. The lowest BCUT2D eigenvalue weighted by Crippen LogP contribution is -2.40. The molecule has 170 valence electrons. The van der Waals surface area contributed by atoms with E-state index < -0.39 is 11.7 Å². The highest BCUT2D eigenvalue weighted by Gasteiger charge is 2.19. The van der Waals surface area contributed by atoms with Crippen LogP contribution in [0.15, 0.2) is 70.5 Å². The summed E-state index contributed by atoms with van der Waals surface area (Å²) in [6, 6.07) is 16.2. The maximum atomic E-state index is 13.5. The zero-order valence-electron chi connectivity index (χ0n) is 18.9. The van der Waals surface area contributed by atoms with Crippen molar-refractivity contribution >= 4 is 17.1 Å². The molecule has 8 heteroatoms. The standard InChI is InChI=1S/C25H26N4O4/c1-17(2)12-13-28-23(30)21-22(29(25(28)32)20-10-5-4-6-11-20)26-16-27(21)15-18-8-7-9-19(14-18)24(31)33-3/h4-11,14,16-17H,12-13,15H2,1-3H3. The van der Waals surface area contributed by atoms with Gasteiger partial charge in [0.05, 0.1) is 24.7 Å². The van der Waals surface area contributed by atoms with Gasteiger partial charge in [0.1, 0.15) is 0 Å². The monoisotopic (exact) mass is 446 g/mol. The third-order valence-electron chi connectivity index (χ3n) is 5.55. The van der Waals surface area contributed by atoms with Crippen molar-refractivity contribution in [3.8, 4) is 5.69 Å². The molecule has 0 aliphatic carbocycles. The summed E-state index contributed by atoms with van der Waals surface area (Å²) in [5.74, 6) is -0.0931. The minimum Gasteiger partial charge on any atom is -0.465 e. The molecular formula is C25H26N4O4. The van der Waals surface area contributed by atoms with E-state index in [1.54, 1.807) is 29.1 Å². The second-order valence-corrected chi connectivity index (χ2v) is 8.33. The Balaban J connectivity index is 1.90. The Morgan fingerprint density at radius 2 is 1.82 bits per heavy atom. The van der Waals surface area contributed by atoms with E-state index in [9.17, 15) is 14.4 Å². The number of benzene rings is 2. The van der Waals surface area contributed by atoms with Gasteiger partial charge >= 0.3 is 11.7 Å². The number of hydrogen-bond acceptors (Lipinski definition) is 5. The molecule has 0 atom stereocenters. The Labute approximate surface area is 190 Å². The van der Waals surface area contributed by atoms with Gasteiger partial charge in [-0.2, -0.15) is 0 Å². The van der Waals surface area contributed by atoms with Gasteiger partial charge < -0.3 is 9.30 Å². The predicted octanol–water partition coefficient (Wildman–Crippen LogP) is 3.23. The average Bonchev–Trinajstić information content (AvgIpc) is 3.22. The quantitative estimate of drug-likeness (QED) is 0.407. The SMILES string of the molecule is COC(=O)c1cccc(Cn2cnc3c2c(=O)n(CCC(C)C)c(=O)n3-c2ccccc2)c1. The van der Waals surface area contributed by atoms with Crippen LogP contribution < -0.4 is 11.2 Å². The zero-order chi connectivity index (χ0) is 23.5. The van der Waals surface area contributed by atoms with E-state index in [4.69, 9.17) is 4.74 Å². The molecule has 0 saturated heterocycles. The number of carbonyl (C=O) groups is 1. The summed E-state index contributed by atoms with van der Waals surface area (Å²) in [6.45, 7) is 4.74. The molecule has 4 rings (SSSR count). The molecule has 0 N–H and O–H groups in total. The maximum absolute atomic E-state index is 13.5. The Morgan fingerprint density at radius 1 is 1.06 bits per heavy atom. The molecule has 0 aliphatic rings. The van der Waals surface area contributed by atoms with Crippen LogP contribution in [0.25, 0.3) is 16.9 Å². The molecule has 8 nitrogen and oxygen atoms in total. The zero-order valence-corrected chi connectivity index (χ0v) is 18.9. The highest BCUT2D eigenvalue weighted by atomic mass is 16.5. The molecule has 33 heavy (non-hydrogen) atoms. The number of para-hydroxylation sites is 1. The Bertz CT molecular complexity index is 1410. The lowest BCUT2D eigenvalue weighted by molar-refractivity contribution is 0.0600. The number of nitrogens with zero attached hydrogens (tertiary/aromatic N) is 4. The molecular weight excluding hydrogens is 420 g/mol. The second kappa shape index (κ2) is 9.28. The summed E-state index contributed by atoms with van der Waals surface area (Å²) < 4.78 is 9.30. The van der Waals surface area contributed by atoms with Gasteiger partial charge in [0, 0.05) is 13.1 Å². The number of ether oxygens (including phenoxy) is 1. The van der Waals surface area contributed by atoms with Crippen LogP contribution in [0.2, 0.25) is 0 Å². The van der Waals surface area contributed by atoms with Gasteiger partial charge in [-0.05, 0) is 42.2 Å². The molecule has 0 unspecified atom stereocenters. The molecule has 0 amide bonds. The van der Waals surface area contributed by atoms with E-state index in [2.05, 4.69) is 18.8 Å². The van der Waals surface area contributed by atoms with E-state index in [-0.39, 0.29) is 5.56 Å². The first-order chi connectivity index (χ1) is 15.9. The predicted molar refractivity (Wildman–Crippen MR) is 126 cm³/mol. The third-order valence-corrected chi connectivity index (χ3v) is 5.55. The number of imidazole rings is 1. The summed E-state index contributed by atoms with van der Waals surface area (Å²) >= 11 is 0. The van der Waals surface area contributed by atoms with E-state index in [0.717, 1.165) is 5.56 Å². The van der Waals surface area contributed by atoms with Crippen LogP contribution in [0.4, 0.5) is 0 Å². The van der Waals surface area contributed by atoms with Crippen LogP contribution in [0.5, 0.6) is 0 Å². The van der Waals surface area contributed by atoms with Crippen molar-refractivity contribution in [2.45, 2.75) is 33.4 Å². The number of fused-ring (bicyclic) bond motifs is 1. The van der Waals surface area contributed by atoms with Crippen molar-refractivity contribution in [1.82, 2.24) is 18.7 Å². The maximum Gasteiger partial charge on any atom is 0.337 e. The summed E-state index contributed by atoms with van der Waals surface area (Å²) in [4.78, 5) is 43.2. The Morgan fingerprint density at radius 3 is 2.52 bits per heavy atom. The molecule has 2 aromatic heterocycles. The number of rotatable bonds is 7. The number of hydrogen-bond donors (Lipinski definition) is 0. The van der Waals surface area contributed by atoms with E-state index in [1.807, 2.05) is 36.4 Å². The van der Waals surface area contributed by atoms with Crippen LogP contribution in [-0.2, 0) is 17.8 Å². The molecule has 0 saturated carbocycles.